The topological polar surface area (TPSA) is 85.1 Å². The minimum atomic E-state index is 0.234. The SMILES string of the molecule is COc1nnc(Nc2ccc3c(c2)ncn3-c2ccc(O)cc2)c2ccccc12. The Morgan fingerprint density at radius 3 is 2.52 bits per heavy atom. The molecule has 0 aliphatic heterocycles. The minimum Gasteiger partial charge on any atom is -0.508 e. The lowest BCUT2D eigenvalue weighted by atomic mass is 10.2. The lowest BCUT2D eigenvalue weighted by Gasteiger charge is -2.10. The highest BCUT2D eigenvalue weighted by Gasteiger charge is 2.11. The van der Waals surface area contributed by atoms with E-state index in [4.69, 9.17) is 4.74 Å². The van der Waals surface area contributed by atoms with Gasteiger partial charge in [-0.3, -0.25) is 4.57 Å². The van der Waals surface area contributed by atoms with Crippen LogP contribution in [-0.4, -0.2) is 32.0 Å². The van der Waals surface area contributed by atoms with Gasteiger partial charge in [0.2, 0.25) is 5.88 Å². The number of aromatic hydroxyl groups is 1. The van der Waals surface area contributed by atoms with Gasteiger partial charge in [0.25, 0.3) is 0 Å². The number of fused-ring (bicyclic) bond motifs is 2. The number of imidazole rings is 1. The Labute approximate surface area is 166 Å². The van der Waals surface area contributed by atoms with E-state index in [0.717, 1.165) is 33.2 Å². The molecule has 0 saturated heterocycles. The molecule has 2 N–H and O–H groups in total. The number of hydrogen-bond acceptors (Lipinski definition) is 6. The molecular weight excluding hydrogens is 366 g/mol. The third-order valence-corrected chi connectivity index (χ3v) is 4.78. The third kappa shape index (κ3) is 2.98. The third-order valence-electron chi connectivity index (χ3n) is 4.78. The van der Waals surface area contributed by atoms with Crippen molar-refractivity contribution in [3.8, 4) is 17.3 Å². The van der Waals surface area contributed by atoms with Crippen molar-refractivity contribution in [1.29, 1.82) is 0 Å². The summed E-state index contributed by atoms with van der Waals surface area (Å²) in [5.74, 6) is 1.38. The molecule has 0 aliphatic carbocycles. The van der Waals surface area contributed by atoms with Gasteiger partial charge < -0.3 is 15.2 Å². The first-order valence-electron chi connectivity index (χ1n) is 9.06. The fraction of sp³-hybridized carbons (Fsp3) is 0.0455. The van der Waals surface area contributed by atoms with E-state index in [9.17, 15) is 5.11 Å². The Hall–Kier alpha value is -4.13. The summed E-state index contributed by atoms with van der Waals surface area (Å²) in [6, 6.07) is 20.8. The Bertz CT molecular complexity index is 1330. The summed E-state index contributed by atoms with van der Waals surface area (Å²) >= 11 is 0. The maximum atomic E-state index is 9.50. The minimum absolute atomic E-state index is 0.234. The zero-order valence-electron chi connectivity index (χ0n) is 15.6. The molecular formula is C22H17N5O2. The molecule has 5 aromatic rings. The zero-order chi connectivity index (χ0) is 19.8. The van der Waals surface area contributed by atoms with Crippen LogP contribution in [-0.2, 0) is 0 Å². The van der Waals surface area contributed by atoms with Gasteiger partial charge in [-0.15, -0.1) is 10.2 Å². The first-order valence-corrected chi connectivity index (χ1v) is 9.06. The summed E-state index contributed by atoms with van der Waals surface area (Å²) in [6.45, 7) is 0. The van der Waals surface area contributed by atoms with Crippen LogP contribution in [0.4, 0.5) is 11.5 Å². The second-order valence-corrected chi connectivity index (χ2v) is 6.56. The molecule has 0 atom stereocenters. The van der Waals surface area contributed by atoms with E-state index >= 15 is 0 Å². The highest BCUT2D eigenvalue weighted by molar-refractivity contribution is 5.96. The molecule has 2 heterocycles. The number of benzene rings is 3. The van der Waals surface area contributed by atoms with Crippen molar-refractivity contribution in [3.05, 3.63) is 73.1 Å². The van der Waals surface area contributed by atoms with E-state index in [0.29, 0.717) is 11.7 Å². The second-order valence-electron chi connectivity index (χ2n) is 6.56. The van der Waals surface area contributed by atoms with Gasteiger partial charge in [0.1, 0.15) is 12.1 Å². The van der Waals surface area contributed by atoms with E-state index in [2.05, 4.69) is 20.5 Å². The second kappa shape index (κ2) is 6.79. The number of ether oxygens (including phenoxy) is 1. The number of hydrogen-bond donors (Lipinski definition) is 2. The monoisotopic (exact) mass is 383 g/mol. The number of aromatic nitrogens is 4. The van der Waals surface area contributed by atoms with Crippen molar-refractivity contribution in [2.45, 2.75) is 0 Å². The van der Waals surface area contributed by atoms with Crippen molar-refractivity contribution < 1.29 is 9.84 Å². The summed E-state index contributed by atoms with van der Waals surface area (Å²) in [4.78, 5) is 4.51. The quantitative estimate of drug-likeness (QED) is 0.478. The molecule has 3 aromatic carbocycles. The highest BCUT2D eigenvalue weighted by Crippen LogP contribution is 2.30. The van der Waals surface area contributed by atoms with Gasteiger partial charge >= 0.3 is 0 Å². The van der Waals surface area contributed by atoms with Crippen molar-refractivity contribution in [3.63, 3.8) is 0 Å². The first kappa shape index (κ1) is 17.0. The molecule has 0 fully saturated rings. The lowest BCUT2D eigenvalue weighted by Crippen LogP contribution is -1.99. The number of phenols is 1. The molecule has 7 heteroatoms. The van der Waals surface area contributed by atoms with Crippen LogP contribution < -0.4 is 10.1 Å². The number of nitrogens with zero attached hydrogens (tertiary/aromatic N) is 4. The van der Waals surface area contributed by atoms with Gasteiger partial charge in [0.15, 0.2) is 5.82 Å². The summed E-state index contributed by atoms with van der Waals surface area (Å²) < 4.78 is 7.29. The fourth-order valence-electron chi connectivity index (χ4n) is 3.37. The highest BCUT2D eigenvalue weighted by atomic mass is 16.5. The van der Waals surface area contributed by atoms with Crippen LogP contribution in [0, 0.1) is 0 Å². The Morgan fingerprint density at radius 1 is 0.931 bits per heavy atom. The Kier molecular flexibility index (Phi) is 3.98. The number of nitrogens with one attached hydrogen (secondary N) is 1. The molecule has 7 nitrogen and oxygen atoms in total. The van der Waals surface area contributed by atoms with Crippen LogP contribution in [0.1, 0.15) is 0 Å². The Morgan fingerprint density at radius 2 is 1.72 bits per heavy atom. The van der Waals surface area contributed by atoms with Crippen LogP contribution in [0.25, 0.3) is 27.5 Å². The summed E-state index contributed by atoms with van der Waals surface area (Å²) in [7, 11) is 1.59. The molecule has 29 heavy (non-hydrogen) atoms. The molecule has 0 spiro atoms. The number of anilines is 2. The molecule has 0 bridgehead atoms. The standard InChI is InChI=1S/C22H17N5O2/c1-29-22-18-5-3-2-4-17(18)21(25-26-22)24-14-6-11-20-19(12-14)23-13-27(20)15-7-9-16(28)10-8-15/h2-13,28H,1H3,(H,24,25). The van der Waals surface area contributed by atoms with Crippen molar-refractivity contribution in [2.75, 3.05) is 12.4 Å². The molecule has 0 amide bonds. The fourth-order valence-corrected chi connectivity index (χ4v) is 3.37. The maximum Gasteiger partial charge on any atom is 0.241 e. The van der Waals surface area contributed by atoms with E-state index in [1.54, 1.807) is 25.6 Å². The average Bonchev–Trinajstić information content (AvgIpc) is 3.18. The van der Waals surface area contributed by atoms with E-state index < -0.39 is 0 Å². The van der Waals surface area contributed by atoms with Crippen LogP contribution in [0.3, 0.4) is 0 Å². The van der Waals surface area contributed by atoms with Crippen LogP contribution in [0.5, 0.6) is 11.6 Å². The Balaban J connectivity index is 1.52. The van der Waals surface area contributed by atoms with E-state index in [1.165, 1.54) is 0 Å². The maximum absolute atomic E-state index is 9.50. The molecule has 142 valence electrons. The normalized spacial score (nSPS) is 11.1. The van der Waals surface area contributed by atoms with Gasteiger partial charge in [-0.25, -0.2) is 4.98 Å². The van der Waals surface area contributed by atoms with Crippen molar-refractivity contribution in [2.24, 2.45) is 0 Å². The summed E-state index contributed by atoms with van der Waals surface area (Å²) in [6.07, 6.45) is 1.77. The molecule has 0 saturated carbocycles. The molecule has 5 rings (SSSR count). The van der Waals surface area contributed by atoms with Crippen LogP contribution >= 0.6 is 0 Å². The van der Waals surface area contributed by atoms with Gasteiger partial charge in [0, 0.05) is 22.1 Å². The van der Waals surface area contributed by atoms with Gasteiger partial charge in [-0.1, -0.05) is 18.2 Å². The van der Waals surface area contributed by atoms with Gasteiger partial charge in [0.05, 0.1) is 18.1 Å². The zero-order valence-corrected chi connectivity index (χ0v) is 15.6. The van der Waals surface area contributed by atoms with Crippen molar-refractivity contribution in [1.82, 2.24) is 19.7 Å². The predicted molar refractivity (Wildman–Crippen MR) is 112 cm³/mol. The smallest absolute Gasteiger partial charge is 0.241 e. The largest absolute Gasteiger partial charge is 0.508 e. The lowest BCUT2D eigenvalue weighted by molar-refractivity contribution is 0.398. The van der Waals surface area contributed by atoms with Gasteiger partial charge in [-0.05, 0) is 48.5 Å². The number of phenolic OH excluding ortho intramolecular Hbond substituents is 1. The summed E-state index contributed by atoms with van der Waals surface area (Å²) in [5.41, 5.74) is 3.59. The van der Waals surface area contributed by atoms with Crippen LogP contribution in [0.15, 0.2) is 73.1 Å². The average molecular weight is 383 g/mol. The van der Waals surface area contributed by atoms with Crippen LogP contribution in [0.2, 0.25) is 0 Å². The number of rotatable bonds is 4. The van der Waals surface area contributed by atoms with E-state index in [-0.39, 0.29) is 5.75 Å². The number of methoxy groups -OCH3 is 1. The summed E-state index contributed by atoms with van der Waals surface area (Å²) in [5, 5.41) is 23.1. The first-order chi connectivity index (χ1) is 14.2. The van der Waals surface area contributed by atoms with Crippen molar-refractivity contribution >= 4 is 33.3 Å². The predicted octanol–water partition coefficient (Wildman–Crippen LogP) is 4.43. The van der Waals surface area contributed by atoms with E-state index in [1.807, 2.05) is 59.2 Å². The molecule has 0 unspecified atom stereocenters. The molecule has 0 radical (unpaired) electrons. The van der Waals surface area contributed by atoms with Gasteiger partial charge in [-0.2, -0.15) is 0 Å². The molecule has 0 aliphatic rings. The molecule has 2 aromatic heterocycles.